The summed E-state index contributed by atoms with van der Waals surface area (Å²) in [5.74, 6) is -0.419. The molecule has 2 amide bonds. The van der Waals surface area contributed by atoms with Crippen LogP contribution in [0, 0.1) is 0 Å². The molecule has 0 bridgehead atoms. The number of carbonyl (C=O) groups excluding carboxylic acids is 2. The van der Waals surface area contributed by atoms with Gasteiger partial charge < -0.3 is 15.0 Å². The van der Waals surface area contributed by atoms with Crippen molar-refractivity contribution in [3.63, 3.8) is 0 Å². The molecule has 2 aromatic carbocycles. The highest BCUT2D eigenvalue weighted by atomic mass is 16.5. The average molecular weight is 392 g/mol. The summed E-state index contributed by atoms with van der Waals surface area (Å²) >= 11 is 0. The van der Waals surface area contributed by atoms with E-state index in [1.54, 1.807) is 7.11 Å². The van der Waals surface area contributed by atoms with Crippen molar-refractivity contribution in [2.24, 2.45) is 0 Å². The minimum atomic E-state index is -0.499. The minimum absolute atomic E-state index is 0.0170. The predicted molar refractivity (Wildman–Crippen MR) is 113 cm³/mol. The first kappa shape index (κ1) is 19.6. The first-order chi connectivity index (χ1) is 14.2. The topological polar surface area (TPSA) is 58.6 Å². The van der Waals surface area contributed by atoms with Gasteiger partial charge in [-0.25, -0.2) is 0 Å². The van der Waals surface area contributed by atoms with Crippen LogP contribution in [0.3, 0.4) is 0 Å². The van der Waals surface area contributed by atoms with Gasteiger partial charge in [-0.3, -0.25) is 9.59 Å². The van der Waals surface area contributed by atoms with Crippen molar-refractivity contribution in [2.75, 3.05) is 25.6 Å². The second-order valence-corrected chi connectivity index (χ2v) is 7.99. The Labute approximate surface area is 172 Å². The second kappa shape index (κ2) is 8.37. The number of benzene rings is 2. The SMILES string of the molecule is COCCN1C(=O)c2ccccc2[C@@H](C(=O)Nc2ccccc2)C12CCCCC2. The molecule has 0 radical (unpaired) electrons. The number of nitrogens with zero attached hydrogens (tertiary/aromatic N) is 1. The van der Waals surface area contributed by atoms with Crippen molar-refractivity contribution >= 4 is 17.5 Å². The van der Waals surface area contributed by atoms with Crippen LogP contribution >= 0.6 is 0 Å². The number of fused-ring (bicyclic) bond motifs is 1. The van der Waals surface area contributed by atoms with Gasteiger partial charge in [-0.05, 0) is 36.6 Å². The van der Waals surface area contributed by atoms with Gasteiger partial charge in [0.2, 0.25) is 5.91 Å². The predicted octanol–water partition coefficient (Wildman–Crippen LogP) is 4.21. The van der Waals surface area contributed by atoms with Crippen LogP contribution in [0.1, 0.15) is 53.9 Å². The van der Waals surface area contributed by atoms with Gasteiger partial charge in [-0.15, -0.1) is 0 Å². The lowest BCUT2D eigenvalue weighted by Crippen LogP contribution is -2.62. The highest BCUT2D eigenvalue weighted by molar-refractivity contribution is 6.05. The third-order valence-electron chi connectivity index (χ3n) is 6.36. The summed E-state index contributed by atoms with van der Waals surface area (Å²) in [6.45, 7) is 0.960. The van der Waals surface area contributed by atoms with Gasteiger partial charge in [0, 0.05) is 24.9 Å². The van der Waals surface area contributed by atoms with Crippen molar-refractivity contribution in [3.8, 4) is 0 Å². The lowest BCUT2D eigenvalue weighted by molar-refractivity contribution is -0.122. The Kier molecular flexibility index (Phi) is 5.67. The summed E-state index contributed by atoms with van der Waals surface area (Å²) in [4.78, 5) is 29.0. The smallest absolute Gasteiger partial charge is 0.254 e. The van der Waals surface area contributed by atoms with E-state index in [1.807, 2.05) is 59.5 Å². The van der Waals surface area contributed by atoms with Crippen molar-refractivity contribution < 1.29 is 14.3 Å². The Morgan fingerprint density at radius 1 is 1.07 bits per heavy atom. The Hall–Kier alpha value is -2.66. The Bertz CT molecular complexity index is 875. The lowest BCUT2D eigenvalue weighted by atomic mass is 9.65. The van der Waals surface area contributed by atoms with Gasteiger partial charge in [0.15, 0.2) is 0 Å². The molecule has 29 heavy (non-hydrogen) atoms. The highest BCUT2D eigenvalue weighted by Crippen LogP contribution is 2.49. The molecule has 152 valence electrons. The molecular formula is C24H28N2O3. The maximum atomic E-state index is 13.6. The van der Waals surface area contributed by atoms with Crippen LogP contribution in [0.2, 0.25) is 0 Å². The number of ether oxygens (including phenoxy) is 1. The Morgan fingerprint density at radius 2 is 1.76 bits per heavy atom. The number of hydrogen-bond acceptors (Lipinski definition) is 3. The van der Waals surface area contributed by atoms with Crippen molar-refractivity contribution in [2.45, 2.75) is 43.6 Å². The number of para-hydroxylation sites is 1. The highest BCUT2D eigenvalue weighted by Gasteiger charge is 2.54. The van der Waals surface area contributed by atoms with Gasteiger partial charge in [0.1, 0.15) is 0 Å². The van der Waals surface area contributed by atoms with Gasteiger partial charge in [0.05, 0.1) is 18.1 Å². The molecule has 1 saturated carbocycles. The molecule has 2 aliphatic rings. The van der Waals surface area contributed by atoms with Crippen molar-refractivity contribution in [3.05, 3.63) is 65.7 Å². The van der Waals surface area contributed by atoms with Gasteiger partial charge in [-0.1, -0.05) is 55.7 Å². The van der Waals surface area contributed by atoms with E-state index in [1.165, 1.54) is 0 Å². The van der Waals surface area contributed by atoms with Crippen LogP contribution < -0.4 is 5.32 Å². The summed E-state index contributed by atoms with van der Waals surface area (Å²) in [6, 6.07) is 17.1. The number of anilines is 1. The second-order valence-electron chi connectivity index (χ2n) is 7.99. The van der Waals surface area contributed by atoms with E-state index in [9.17, 15) is 9.59 Å². The van der Waals surface area contributed by atoms with Crippen LogP contribution in [-0.2, 0) is 9.53 Å². The molecule has 5 nitrogen and oxygen atoms in total. The number of methoxy groups -OCH3 is 1. The van der Waals surface area contributed by atoms with Crippen LogP contribution in [0.25, 0.3) is 0 Å². The van der Waals surface area contributed by atoms with E-state index in [0.717, 1.165) is 43.4 Å². The summed E-state index contributed by atoms with van der Waals surface area (Å²) < 4.78 is 5.31. The molecular weight excluding hydrogens is 364 g/mol. The van der Waals surface area contributed by atoms with E-state index >= 15 is 0 Å². The zero-order valence-electron chi connectivity index (χ0n) is 16.9. The summed E-state index contributed by atoms with van der Waals surface area (Å²) in [5, 5.41) is 3.11. The lowest BCUT2D eigenvalue weighted by Gasteiger charge is -2.53. The van der Waals surface area contributed by atoms with E-state index < -0.39 is 11.5 Å². The third-order valence-corrected chi connectivity index (χ3v) is 6.36. The number of rotatable bonds is 5. The monoisotopic (exact) mass is 392 g/mol. The molecule has 1 atom stereocenters. The molecule has 5 heteroatoms. The molecule has 1 N–H and O–H groups in total. The number of hydrogen-bond donors (Lipinski definition) is 1. The largest absolute Gasteiger partial charge is 0.383 e. The molecule has 2 aromatic rings. The molecule has 1 heterocycles. The molecule has 0 aromatic heterocycles. The van der Waals surface area contributed by atoms with E-state index in [-0.39, 0.29) is 11.8 Å². The van der Waals surface area contributed by atoms with Crippen LogP contribution in [0.5, 0.6) is 0 Å². The minimum Gasteiger partial charge on any atom is -0.383 e. The maximum absolute atomic E-state index is 13.6. The molecule has 1 spiro atoms. The number of nitrogens with one attached hydrogen (secondary N) is 1. The summed E-state index contributed by atoms with van der Waals surface area (Å²) in [5.41, 5.74) is 1.76. The standard InChI is InChI=1S/C24H28N2O3/c1-29-17-16-26-23(28)20-13-7-6-12-19(20)21(24(26)14-8-3-9-15-24)22(27)25-18-10-4-2-5-11-18/h2,4-7,10-13,21H,3,8-9,14-17H2,1H3,(H,25,27)/t21-/m0/s1. The Morgan fingerprint density at radius 3 is 2.48 bits per heavy atom. The average Bonchev–Trinajstić information content (AvgIpc) is 2.75. The normalized spacial score (nSPS) is 20.4. The van der Waals surface area contributed by atoms with Crippen LogP contribution in [0.15, 0.2) is 54.6 Å². The van der Waals surface area contributed by atoms with Crippen molar-refractivity contribution in [1.82, 2.24) is 4.90 Å². The maximum Gasteiger partial charge on any atom is 0.254 e. The van der Waals surface area contributed by atoms with E-state index in [2.05, 4.69) is 5.32 Å². The fraction of sp³-hybridized carbons (Fsp3) is 0.417. The van der Waals surface area contributed by atoms with Crippen molar-refractivity contribution in [1.29, 1.82) is 0 Å². The van der Waals surface area contributed by atoms with E-state index in [0.29, 0.717) is 18.7 Å². The summed E-state index contributed by atoms with van der Waals surface area (Å²) in [6.07, 6.45) is 4.86. The quantitative estimate of drug-likeness (QED) is 0.829. The molecule has 0 saturated heterocycles. The fourth-order valence-electron chi connectivity index (χ4n) is 5.09. The fourth-order valence-corrected chi connectivity index (χ4v) is 5.09. The molecule has 1 aliphatic heterocycles. The van der Waals surface area contributed by atoms with Crippen LogP contribution in [0.4, 0.5) is 5.69 Å². The molecule has 1 aliphatic carbocycles. The van der Waals surface area contributed by atoms with E-state index in [4.69, 9.17) is 4.74 Å². The molecule has 0 unspecified atom stereocenters. The Balaban J connectivity index is 1.80. The zero-order valence-corrected chi connectivity index (χ0v) is 16.9. The molecule has 4 rings (SSSR count). The first-order valence-electron chi connectivity index (χ1n) is 10.4. The summed E-state index contributed by atoms with van der Waals surface area (Å²) in [7, 11) is 1.65. The van der Waals surface area contributed by atoms with Gasteiger partial charge in [-0.2, -0.15) is 0 Å². The van der Waals surface area contributed by atoms with Gasteiger partial charge >= 0.3 is 0 Å². The zero-order chi connectivity index (χ0) is 20.3. The number of amides is 2. The molecule has 1 fully saturated rings. The first-order valence-corrected chi connectivity index (χ1v) is 10.4. The third kappa shape index (κ3) is 3.55. The number of carbonyl (C=O) groups is 2. The van der Waals surface area contributed by atoms with Crippen LogP contribution in [-0.4, -0.2) is 42.5 Å². The van der Waals surface area contributed by atoms with Gasteiger partial charge in [0.25, 0.3) is 5.91 Å².